The van der Waals surface area contributed by atoms with Crippen LogP contribution in [0.5, 0.6) is 5.75 Å². The molecule has 3 rings (SSSR count). The van der Waals surface area contributed by atoms with Gasteiger partial charge in [-0.05, 0) is 35.5 Å². The van der Waals surface area contributed by atoms with E-state index in [0.29, 0.717) is 15.8 Å². The molecule has 0 unspecified atom stereocenters. The van der Waals surface area contributed by atoms with Crippen molar-refractivity contribution in [2.75, 3.05) is 5.75 Å². The maximum Gasteiger partial charge on any atom is 0.264 e. The summed E-state index contributed by atoms with van der Waals surface area (Å²) in [5.74, 6) is 0.236. The Hall–Kier alpha value is -2.26. The second-order valence-electron chi connectivity index (χ2n) is 4.12. The van der Waals surface area contributed by atoms with Crippen LogP contribution in [0.3, 0.4) is 0 Å². The van der Waals surface area contributed by atoms with Gasteiger partial charge in [0.1, 0.15) is 5.75 Å². The largest absolute Gasteiger partial charge is 0.508 e. The van der Waals surface area contributed by atoms with E-state index in [1.807, 2.05) is 0 Å². The third-order valence-corrected chi connectivity index (χ3v) is 4.04. The van der Waals surface area contributed by atoms with Gasteiger partial charge < -0.3 is 16.2 Å². The van der Waals surface area contributed by atoms with E-state index >= 15 is 0 Å². The lowest BCUT2D eigenvalue weighted by Crippen LogP contribution is -2.18. The van der Waals surface area contributed by atoms with Crippen LogP contribution in [0.2, 0.25) is 0 Å². The van der Waals surface area contributed by atoms with Gasteiger partial charge in [0.25, 0.3) is 11.8 Å². The Balaban J connectivity index is 0.000000211. The lowest BCUT2D eigenvalue weighted by atomic mass is 10.2. The zero-order valence-electron chi connectivity index (χ0n) is 11.2. The highest BCUT2D eigenvalue weighted by Crippen LogP contribution is 2.25. The van der Waals surface area contributed by atoms with Crippen LogP contribution in [0.25, 0.3) is 6.08 Å². The highest BCUT2D eigenvalue weighted by Gasteiger charge is 2.21. The van der Waals surface area contributed by atoms with Crippen LogP contribution < -0.4 is 11.1 Å². The predicted molar refractivity (Wildman–Crippen MR) is 88.6 cm³/mol. The molecule has 1 aromatic rings. The minimum atomic E-state index is -0.252. The van der Waals surface area contributed by atoms with E-state index in [9.17, 15) is 9.59 Å². The van der Waals surface area contributed by atoms with Crippen molar-refractivity contribution in [2.45, 2.75) is 0 Å². The Bertz CT molecular complexity index is 683. The van der Waals surface area contributed by atoms with E-state index in [1.165, 1.54) is 11.8 Å². The topological polar surface area (TPSA) is 129 Å². The number of carbonyl (C=O) groups excluding carboxylic acids is 2. The number of benzene rings is 1. The molecule has 2 amide bonds. The smallest absolute Gasteiger partial charge is 0.264 e. The predicted octanol–water partition coefficient (Wildman–Crippen LogP) is 1.11. The molecular weight excluding hydrogens is 324 g/mol. The fraction of sp³-hybridized carbons (Fsp3) is 0.0769. The van der Waals surface area contributed by atoms with E-state index in [1.54, 1.807) is 30.3 Å². The maximum atomic E-state index is 11.3. The molecule has 1 fully saturated rings. The van der Waals surface area contributed by atoms with Crippen molar-refractivity contribution < 1.29 is 14.7 Å². The van der Waals surface area contributed by atoms with Crippen molar-refractivity contribution in [3.05, 3.63) is 34.7 Å². The first-order chi connectivity index (χ1) is 10.4. The Morgan fingerprint density at radius 1 is 1.32 bits per heavy atom. The van der Waals surface area contributed by atoms with Crippen molar-refractivity contribution in [1.82, 2.24) is 5.32 Å². The normalized spacial score (nSPS) is 18.8. The van der Waals surface area contributed by atoms with E-state index in [0.717, 1.165) is 17.3 Å². The Morgan fingerprint density at radius 2 is 2.00 bits per heavy atom. The Labute approximate surface area is 134 Å². The van der Waals surface area contributed by atoms with Crippen LogP contribution in [-0.4, -0.2) is 33.0 Å². The molecule has 0 atom stereocenters. The number of nitrogens with two attached hydrogens (primary N) is 1. The lowest BCUT2D eigenvalue weighted by molar-refractivity contribution is -0.116. The van der Waals surface area contributed by atoms with Crippen molar-refractivity contribution in [2.24, 2.45) is 10.7 Å². The minimum absolute atomic E-state index is 0.123. The molecule has 22 heavy (non-hydrogen) atoms. The molecule has 7 nitrogen and oxygen atoms in total. The highest BCUT2D eigenvalue weighted by molar-refractivity contribution is 8.18. The quantitative estimate of drug-likeness (QED) is 0.569. The van der Waals surface area contributed by atoms with Crippen molar-refractivity contribution >= 4 is 51.7 Å². The fourth-order valence-electron chi connectivity index (χ4n) is 1.49. The number of carbonyl (C=O) groups is 2. The summed E-state index contributed by atoms with van der Waals surface area (Å²) in [5.41, 5.74) is 5.94. The number of hydrogen-bond acceptors (Lipinski definition) is 7. The molecule has 2 aliphatic heterocycles. The average Bonchev–Trinajstić information content (AvgIpc) is 2.98. The molecular formula is C13H12N4O3S2. The van der Waals surface area contributed by atoms with Crippen molar-refractivity contribution in [3.63, 3.8) is 0 Å². The van der Waals surface area contributed by atoms with Gasteiger partial charge in [-0.15, -0.1) is 0 Å². The standard InChI is InChI=1S/C10H8N2O2S.C3H4N2OS/c11-10-12-9(14)8(15-10)5-6-1-3-7(13)4-2-6;4-3-5-2(6)1-7-3/h1-5,13H,(H2,11,12,14);1H2,(H2,4,5,6). The first kappa shape index (κ1) is 16.1. The van der Waals surface area contributed by atoms with Crippen molar-refractivity contribution in [3.8, 4) is 5.75 Å². The second kappa shape index (κ2) is 7.14. The number of amidine groups is 2. The number of amides is 2. The number of aromatic hydroxyl groups is 1. The van der Waals surface area contributed by atoms with Gasteiger partial charge in [-0.2, -0.15) is 4.99 Å². The summed E-state index contributed by atoms with van der Waals surface area (Å²) in [4.78, 5) is 25.3. The Kier molecular flexibility index (Phi) is 5.23. The monoisotopic (exact) mass is 336 g/mol. The van der Waals surface area contributed by atoms with E-state index in [2.05, 4.69) is 10.3 Å². The first-order valence-electron chi connectivity index (χ1n) is 6.02. The summed E-state index contributed by atoms with van der Waals surface area (Å²) < 4.78 is 0. The summed E-state index contributed by atoms with van der Waals surface area (Å²) in [6.45, 7) is 0. The number of phenols is 1. The number of aliphatic imine (C=N–C) groups is 1. The Morgan fingerprint density at radius 3 is 2.41 bits per heavy atom. The zero-order chi connectivity index (χ0) is 16.1. The van der Waals surface area contributed by atoms with E-state index in [-0.39, 0.29) is 22.7 Å². The third kappa shape index (κ3) is 4.64. The molecule has 0 aromatic heterocycles. The van der Waals surface area contributed by atoms with Gasteiger partial charge >= 0.3 is 0 Å². The third-order valence-electron chi connectivity index (χ3n) is 2.43. The first-order valence-corrected chi connectivity index (χ1v) is 7.82. The number of phenolic OH excluding ortho intramolecular Hbond substituents is 1. The van der Waals surface area contributed by atoms with Gasteiger partial charge in [-0.25, -0.2) is 0 Å². The summed E-state index contributed by atoms with van der Waals surface area (Å²) >= 11 is 2.38. The van der Waals surface area contributed by atoms with Crippen LogP contribution in [0.15, 0.2) is 34.2 Å². The number of rotatable bonds is 1. The molecule has 0 radical (unpaired) electrons. The summed E-state index contributed by atoms with van der Waals surface area (Å²) in [5, 5.41) is 19.3. The molecule has 1 saturated heterocycles. The van der Waals surface area contributed by atoms with Gasteiger partial charge in [-0.1, -0.05) is 23.9 Å². The molecule has 5 N–H and O–H groups in total. The summed E-state index contributed by atoms with van der Waals surface area (Å²) in [7, 11) is 0. The second-order valence-corrected chi connectivity index (χ2v) is 6.17. The van der Waals surface area contributed by atoms with Crippen LogP contribution >= 0.6 is 23.5 Å². The fourth-order valence-corrected chi connectivity index (χ4v) is 2.69. The molecule has 2 heterocycles. The van der Waals surface area contributed by atoms with Gasteiger partial charge in [-0.3, -0.25) is 15.0 Å². The molecule has 114 valence electrons. The summed E-state index contributed by atoms with van der Waals surface area (Å²) in [6.07, 6.45) is 1.68. The van der Waals surface area contributed by atoms with Crippen molar-refractivity contribution in [1.29, 1.82) is 5.41 Å². The van der Waals surface area contributed by atoms with Crippen LogP contribution in [-0.2, 0) is 9.59 Å². The molecule has 1 aromatic carbocycles. The van der Waals surface area contributed by atoms with Crippen LogP contribution in [0.4, 0.5) is 0 Å². The molecule has 0 aliphatic carbocycles. The molecule has 0 bridgehead atoms. The maximum absolute atomic E-state index is 11.3. The van der Waals surface area contributed by atoms with Gasteiger partial charge in [0.15, 0.2) is 10.3 Å². The van der Waals surface area contributed by atoms with Gasteiger partial charge in [0.05, 0.1) is 10.7 Å². The number of nitrogens with one attached hydrogen (secondary N) is 2. The highest BCUT2D eigenvalue weighted by atomic mass is 32.2. The zero-order valence-corrected chi connectivity index (χ0v) is 12.8. The lowest BCUT2D eigenvalue weighted by Gasteiger charge is -1.95. The number of nitrogens with zero attached hydrogens (tertiary/aromatic N) is 1. The molecule has 0 saturated carbocycles. The minimum Gasteiger partial charge on any atom is -0.508 e. The molecule has 2 aliphatic rings. The molecule has 0 spiro atoms. The molecule has 9 heteroatoms. The van der Waals surface area contributed by atoms with Gasteiger partial charge in [0.2, 0.25) is 0 Å². The van der Waals surface area contributed by atoms with Gasteiger partial charge in [0, 0.05) is 0 Å². The number of hydrogen-bond donors (Lipinski definition) is 4. The SMILES string of the molecule is N=C1NC(=O)C(=Cc2ccc(O)cc2)S1.NC1=NC(=O)CS1. The van der Waals surface area contributed by atoms with Crippen LogP contribution in [0, 0.1) is 5.41 Å². The summed E-state index contributed by atoms with van der Waals surface area (Å²) in [6, 6.07) is 6.51. The van der Waals surface area contributed by atoms with E-state index < -0.39 is 0 Å². The van der Waals surface area contributed by atoms with Crippen LogP contribution in [0.1, 0.15) is 5.56 Å². The van der Waals surface area contributed by atoms with E-state index in [4.69, 9.17) is 16.2 Å². The number of thioether (sulfide) groups is 2. The average molecular weight is 336 g/mol.